The van der Waals surface area contributed by atoms with Gasteiger partial charge in [-0.1, -0.05) is 18.2 Å². The summed E-state index contributed by atoms with van der Waals surface area (Å²) in [6.45, 7) is 3.28. The molecule has 10 nitrogen and oxygen atoms in total. The fourth-order valence-corrected chi connectivity index (χ4v) is 3.09. The predicted octanol–water partition coefficient (Wildman–Crippen LogP) is 2.11. The normalized spacial score (nSPS) is 10.9. The van der Waals surface area contributed by atoms with Crippen molar-refractivity contribution < 1.29 is 24.0 Å². The second kappa shape index (κ2) is 6.16. The quantitative estimate of drug-likeness (QED) is 0.383. The average molecular weight is 371 g/mol. The molecule has 2 heterocycles. The van der Waals surface area contributed by atoms with Gasteiger partial charge in [-0.25, -0.2) is 4.57 Å². The van der Waals surface area contributed by atoms with Gasteiger partial charge >= 0.3 is 17.2 Å². The molecule has 0 saturated heterocycles. The number of ether oxygens (including phenoxy) is 1. The highest BCUT2D eigenvalue weighted by Gasteiger charge is 2.34. The molecule has 0 fully saturated rings. The molecule has 10 heteroatoms. The number of benzene rings is 1. The van der Waals surface area contributed by atoms with Crippen LogP contribution in [0, 0.1) is 10.1 Å². The van der Waals surface area contributed by atoms with Gasteiger partial charge in [-0.15, -0.1) is 0 Å². The topological polar surface area (TPSA) is 131 Å². The van der Waals surface area contributed by atoms with E-state index in [1.807, 2.05) is 0 Å². The molecular weight excluding hydrogens is 358 g/mol. The van der Waals surface area contributed by atoms with E-state index < -0.39 is 39.7 Å². The largest absolute Gasteiger partial charge is 0.418 e. The van der Waals surface area contributed by atoms with E-state index in [2.05, 4.69) is 0 Å². The minimum Gasteiger partial charge on any atom is -0.418 e. The van der Waals surface area contributed by atoms with Crippen LogP contribution < -0.4 is 10.3 Å². The summed E-state index contributed by atoms with van der Waals surface area (Å²) < 4.78 is 6.64. The summed E-state index contributed by atoms with van der Waals surface area (Å²) in [6, 6.07) is 6.33. The van der Waals surface area contributed by atoms with E-state index in [0.29, 0.717) is 15.5 Å². The molecule has 0 bridgehead atoms. The molecule has 0 atom stereocenters. The van der Waals surface area contributed by atoms with Crippen LogP contribution in [0.15, 0.2) is 29.1 Å². The van der Waals surface area contributed by atoms with Gasteiger partial charge in [0.25, 0.3) is 0 Å². The zero-order valence-electron chi connectivity index (χ0n) is 14.5. The van der Waals surface area contributed by atoms with E-state index in [0.717, 1.165) is 18.4 Å². The number of nitrogens with zero attached hydrogens (tertiary/aromatic N) is 3. The fourth-order valence-electron chi connectivity index (χ4n) is 3.09. The number of carbonyl (C=O) groups is 3. The molecule has 0 N–H and O–H groups in total. The molecule has 0 spiro atoms. The first-order valence-electron chi connectivity index (χ1n) is 7.73. The Morgan fingerprint density at radius 3 is 2.15 bits per heavy atom. The van der Waals surface area contributed by atoms with Crippen LogP contribution in [0.25, 0.3) is 21.9 Å². The highest BCUT2D eigenvalue weighted by atomic mass is 16.6. The standard InChI is InChI=1S/C17H13N3O7/c1-8(21)18-12-7-5-4-6-11(12)13-15(27-10(3)23)14(20(25)26)17(24)19(9(2)22)16(13)18/h4-7H,1-3H3. The van der Waals surface area contributed by atoms with Gasteiger partial charge in [0, 0.05) is 26.2 Å². The van der Waals surface area contributed by atoms with E-state index in [1.54, 1.807) is 24.3 Å². The summed E-state index contributed by atoms with van der Waals surface area (Å²) in [4.78, 5) is 59.2. The smallest absolute Gasteiger partial charge is 0.377 e. The van der Waals surface area contributed by atoms with E-state index in [9.17, 15) is 29.3 Å². The zero-order valence-corrected chi connectivity index (χ0v) is 14.5. The van der Waals surface area contributed by atoms with Crippen molar-refractivity contribution in [2.75, 3.05) is 0 Å². The molecule has 27 heavy (non-hydrogen) atoms. The van der Waals surface area contributed by atoms with Crippen molar-refractivity contribution in [2.24, 2.45) is 0 Å². The van der Waals surface area contributed by atoms with Crippen molar-refractivity contribution in [3.05, 3.63) is 44.7 Å². The number of fused-ring (bicyclic) bond motifs is 3. The molecule has 0 radical (unpaired) electrons. The molecule has 0 saturated carbocycles. The molecular formula is C17H13N3O7. The van der Waals surface area contributed by atoms with E-state index in [4.69, 9.17) is 4.74 Å². The number of hydrogen-bond donors (Lipinski definition) is 0. The minimum atomic E-state index is -1.29. The molecule has 3 aromatic rings. The Labute approximate surface area is 150 Å². The maximum Gasteiger partial charge on any atom is 0.377 e. The third-order valence-corrected chi connectivity index (χ3v) is 3.97. The summed E-state index contributed by atoms with van der Waals surface area (Å²) in [7, 11) is 0. The summed E-state index contributed by atoms with van der Waals surface area (Å²) in [6.07, 6.45) is 0. The van der Waals surface area contributed by atoms with Gasteiger partial charge < -0.3 is 4.74 Å². The van der Waals surface area contributed by atoms with Gasteiger partial charge in [0.1, 0.15) is 5.65 Å². The summed E-state index contributed by atoms with van der Waals surface area (Å²) in [5, 5.41) is 11.8. The number of rotatable bonds is 2. The van der Waals surface area contributed by atoms with Crippen LogP contribution in [0.1, 0.15) is 30.4 Å². The number of nitro groups is 1. The molecule has 0 amide bonds. The van der Waals surface area contributed by atoms with Gasteiger partial charge in [-0.05, 0) is 6.07 Å². The van der Waals surface area contributed by atoms with Crippen molar-refractivity contribution in [3.8, 4) is 5.75 Å². The highest BCUT2D eigenvalue weighted by Crippen LogP contribution is 2.39. The summed E-state index contributed by atoms with van der Waals surface area (Å²) in [5.41, 5.74) is -2.23. The number of para-hydroxylation sites is 1. The third kappa shape index (κ3) is 2.58. The van der Waals surface area contributed by atoms with Crippen LogP contribution in [0.5, 0.6) is 5.75 Å². The van der Waals surface area contributed by atoms with Gasteiger partial charge in [-0.3, -0.25) is 33.9 Å². The van der Waals surface area contributed by atoms with Crippen molar-refractivity contribution in [3.63, 3.8) is 0 Å². The van der Waals surface area contributed by atoms with Crippen molar-refractivity contribution in [2.45, 2.75) is 20.8 Å². The predicted molar refractivity (Wildman–Crippen MR) is 94.3 cm³/mol. The molecule has 3 rings (SSSR count). The SMILES string of the molecule is CC(=O)Oc1c([N+](=O)[O-])c(=O)n(C(C)=O)c2c1c1ccccc1n2C(C)=O. The lowest BCUT2D eigenvalue weighted by Gasteiger charge is -2.10. The Morgan fingerprint density at radius 1 is 1.04 bits per heavy atom. The van der Waals surface area contributed by atoms with E-state index >= 15 is 0 Å². The van der Waals surface area contributed by atoms with Crippen molar-refractivity contribution in [1.82, 2.24) is 9.13 Å². The lowest BCUT2D eigenvalue weighted by Crippen LogP contribution is -2.30. The number of hydrogen-bond acceptors (Lipinski definition) is 7. The third-order valence-electron chi connectivity index (χ3n) is 3.97. The minimum absolute atomic E-state index is 0.0440. The van der Waals surface area contributed by atoms with E-state index in [1.165, 1.54) is 6.92 Å². The Kier molecular flexibility index (Phi) is 4.11. The van der Waals surface area contributed by atoms with Crippen LogP contribution in [0.3, 0.4) is 0 Å². The molecule has 0 aliphatic rings. The maximum atomic E-state index is 12.7. The van der Waals surface area contributed by atoms with Crippen molar-refractivity contribution in [1.29, 1.82) is 0 Å². The average Bonchev–Trinajstić information content (AvgIpc) is 2.88. The monoisotopic (exact) mass is 371 g/mol. The number of esters is 1. The van der Waals surface area contributed by atoms with Crippen LogP contribution in [0.4, 0.5) is 5.69 Å². The van der Waals surface area contributed by atoms with Crippen molar-refractivity contribution >= 4 is 45.4 Å². The Balaban J connectivity index is 2.80. The van der Waals surface area contributed by atoms with Gasteiger partial charge in [0.2, 0.25) is 17.6 Å². The Morgan fingerprint density at radius 2 is 1.63 bits per heavy atom. The number of aromatic nitrogens is 2. The maximum absolute atomic E-state index is 12.7. The lowest BCUT2D eigenvalue weighted by molar-refractivity contribution is -0.387. The van der Waals surface area contributed by atoms with Crippen LogP contribution in [0.2, 0.25) is 0 Å². The summed E-state index contributed by atoms with van der Waals surface area (Å²) >= 11 is 0. The van der Waals surface area contributed by atoms with E-state index in [-0.39, 0.29) is 11.0 Å². The first-order valence-corrected chi connectivity index (χ1v) is 7.73. The van der Waals surface area contributed by atoms with Crippen LogP contribution in [-0.4, -0.2) is 31.8 Å². The molecule has 1 aromatic carbocycles. The number of pyridine rings is 1. The Hall–Kier alpha value is -3.82. The second-order valence-electron chi connectivity index (χ2n) is 5.76. The molecule has 0 aliphatic heterocycles. The fraction of sp³-hybridized carbons (Fsp3) is 0.176. The molecule has 2 aromatic heterocycles. The number of carbonyl (C=O) groups excluding carboxylic acids is 3. The van der Waals surface area contributed by atoms with Gasteiger partial charge in [0.05, 0.1) is 15.8 Å². The molecule has 0 unspecified atom stereocenters. The zero-order chi connectivity index (χ0) is 20.0. The Bertz CT molecular complexity index is 1230. The lowest BCUT2D eigenvalue weighted by atomic mass is 10.1. The van der Waals surface area contributed by atoms with Crippen LogP contribution >= 0.6 is 0 Å². The second-order valence-corrected chi connectivity index (χ2v) is 5.76. The van der Waals surface area contributed by atoms with Crippen LogP contribution in [-0.2, 0) is 4.79 Å². The summed E-state index contributed by atoms with van der Waals surface area (Å²) in [5.74, 6) is -2.84. The highest BCUT2D eigenvalue weighted by molar-refractivity contribution is 6.17. The molecule has 0 aliphatic carbocycles. The first-order chi connectivity index (χ1) is 12.7. The van der Waals surface area contributed by atoms with Gasteiger partial charge in [-0.2, -0.15) is 0 Å². The molecule has 138 valence electrons. The first kappa shape index (κ1) is 18.0. The van der Waals surface area contributed by atoms with Gasteiger partial charge in [0.15, 0.2) is 0 Å².